The van der Waals surface area contributed by atoms with E-state index in [1.54, 1.807) is 11.9 Å². The first-order valence-electron chi connectivity index (χ1n) is 6.36. The maximum absolute atomic E-state index is 13.1. The molecule has 7 heteroatoms. The molecule has 0 spiro atoms. The van der Waals surface area contributed by atoms with Gasteiger partial charge in [0.2, 0.25) is 5.91 Å². The Balaban J connectivity index is 2.58. The first kappa shape index (κ1) is 17.7. The van der Waals surface area contributed by atoms with Gasteiger partial charge in [-0.15, -0.1) is 0 Å². The predicted molar refractivity (Wildman–Crippen MR) is 88.2 cm³/mol. The summed E-state index contributed by atoms with van der Waals surface area (Å²) in [7, 11) is 1.70. The van der Waals surface area contributed by atoms with Gasteiger partial charge in [0, 0.05) is 18.3 Å². The van der Waals surface area contributed by atoms with Crippen LogP contribution in [-0.2, 0) is 4.79 Å². The zero-order chi connectivity index (χ0) is 16.2. The Labute approximate surface area is 134 Å². The summed E-state index contributed by atoms with van der Waals surface area (Å²) < 4.78 is 13.1. The molecule has 4 nitrogen and oxygen atoms in total. The summed E-state index contributed by atoms with van der Waals surface area (Å²) in [4.78, 5) is 13.4. The minimum Gasteiger partial charge on any atom is -0.350 e. The summed E-state index contributed by atoms with van der Waals surface area (Å²) in [6, 6.07) is 4.21. The van der Waals surface area contributed by atoms with E-state index in [-0.39, 0.29) is 23.0 Å². The number of rotatable bonds is 3. The van der Waals surface area contributed by atoms with Gasteiger partial charge >= 0.3 is 0 Å². The smallest absolute Gasteiger partial charge is 0.239 e. The monoisotopic (exact) mass is 331 g/mol. The fourth-order valence-electron chi connectivity index (χ4n) is 1.54. The molecule has 2 N–H and O–H groups in total. The molecule has 0 heterocycles. The van der Waals surface area contributed by atoms with Gasteiger partial charge < -0.3 is 15.5 Å². The minimum absolute atomic E-state index is 0.0101. The molecule has 1 aromatic rings. The lowest BCUT2D eigenvalue weighted by Crippen LogP contribution is -2.47. The SMILES string of the molecule is CN(CC(=O)NC(C)(C)C)C(=S)Nc1ccc(F)c(Cl)c1. The third-order valence-electron chi connectivity index (χ3n) is 2.41. The van der Waals surface area contributed by atoms with Gasteiger partial charge in [0.25, 0.3) is 0 Å². The molecule has 0 aliphatic rings. The van der Waals surface area contributed by atoms with E-state index in [2.05, 4.69) is 10.6 Å². The van der Waals surface area contributed by atoms with Crippen molar-refractivity contribution in [3.8, 4) is 0 Å². The Morgan fingerprint density at radius 1 is 1.43 bits per heavy atom. The van der Waals surface area contributed by atoms with Crippen molar-refractivity contribution in [2.45, 2.75) is 26.3 Å². The Morgan fingerprint density at radius 2 is 2.05 bits per heavy atom. The predicted octanol–water partition coefficient (Wildman–Crippen LogP) is 3.02. The van der Waals surface area contributed by atoms with Crippen LogP contribution in [0.25, 0.3) is 0 Å². The first-order valence-corrected chi connectivity index (χ1v) is 7.15. The average molecular weight is 332 g/mol. The molecular weight excluding hydrogens is 313 g/mol. The zero-order valence-electron chi connectivity index (χ0n) is 12.5. The van der Waals surface area contributed by atoms with Crippen LogP contribution in [0.15, 0.2) is 18.2 Å². The molecule has 0 bridgehead atoms. The highest BCUT2D eigenvalue weighted by Crippen LogP contribution is 2.19. The molecule has 0 aliphatic heterocycles. The number of halogens is 2. The van der Waals surface area contributed by atoms with Crippen molar-refractivity contribution in [3.63, 3.8) is 0 Å². The quantitative estimate of drug-likeness (QED) is 0.836. The van der Waals surface area contributed by atoms with Crippen LogP contribution in [-0.4, -0.2) is 35.1 Å². The number of nitrogens with zero attached hydrogens (tertiary/aromatic N) is 1. The van der Waals surface area contributed by atoms with Crippen LogP contribution in [0.2, 0.25) is 5.02 Å². The van der Waals surface area contributed by atoms with Crippen LogP contribution in [0.1, 0.15) is 20.8 Å². The Bertz CT molecular complexity index is 546. The molecule has 0 saturated heterocycles. The molecule has 116 valence electrons. The standard InChI is InChI=1S/C14H19ClFN3OS/c1-14(2,3)18-12(20)8-19(4)13(21)17-9-5-6-11(16)10(15)7-9/h5-7H,8H2,1-4H3,(H,17,21)(H,18,20). The normalized spacial score (nSPS) is 11.0. The van der Waals surface area contributed by atoms with Crippen molar-refractivity contribution in [1.29, 1.82) is 0 Å². The van der Waals surface area contributed by atoms with E-state index in [0.717, 1.165) is 0 Å². The van der Waals surface area contributed by atoms with Gasteiger partial charge in [0.1, 0.15) is 5.82 Å². The van der Waals surface area contributed by atoms with Crippen molar-refractivity contribution < 1.29 is 9.18 Å². The number of carbonyl (C=O) groups is 1. The molecule has 0 unspecified atom stereocenters. The van der Waals surface area contributed by atoms with E-state index < -0.39 is 5.82 Å². The van der Waals surface area contributed by atoms with Gasteiger partial charge in [-0.05, 0) is 51.2 Å². The molecule has 1 aromatic carbocycles. The molecule has 0 fully saturated rings. The maximum atomic E-state index is 13.1. The third-order valence-corrected chi connectivity index (χ3v) is 3.12. The fraction of sp³-hybridized carbons (Fsp3) is 0.429. The summed E-state index contributed by atoms with van der Waals surface area (Å²) in [6.07, 6.45) is 0. The topological polar surface area (TPSA) is 44.4 Å². The number of thiocarbonyl (C=S) groups is 1. The van der Waals surface area contributed by atoms with Crippen LogP contribution >= 0.6 is 23.8 Å². The van der Waals surface area contributed by atoms with Crippen molar-refractivity contribution in [1.82, 2.24) is 10.2 Å². The number of nitrogens with one attached hydrogen (secondary N) is 2. The van der Waals surface area contributed by atoms with Crippen molar-refractivity contribution in [3.05, 3.63) is 29.0 Å². The highest BCUT2D eigenvalue weighted by Gasteiger charge is 2.16. The first-order chi connectivity index (χ1) is 9.58. The Kier molecular flexibility index (Phi) is 5.92. The average Bonchev–Trinajstić information content (AvgIpc) is 2.31. The van der Waals surface area contributed by atoms with E-state index in [0.29, 0.717) is 10.8 Å². The zero-order valence-corrected chi connectivity index (χ0v) is 14.0. The molecule has 0 aliphatic carbocycles. The second-order valence-electron chi connectivity index (χ2n) is 5.71. The second kappa shape index (κ2) is 7.04. The van der Waals surface area contributed by atoms with E-state index in [1.807, 2.05) is 20.8 Å². The van der Waals surface area contributed by atoms with E-state index >= 15 is 0 Å². The van der Waals surface area contributed by atoms with Gasteiger partial charge in [-0.3, -0.25) is 4.79 Å². The lowest BCUT2D eigenvalue weighted by molar-refractivity contribution is -0.122. The largest absolute Gasteiger partial charge is 0.350 e. The van der Waals surface area contributed by atoms with Crippen molar-refractivity contribution in [2.75, 3.05) is 18.9 Å². The van der Waals surface area contributed by atoms with Crippen LogP contribution in [0.4, 0.5) is 10.1 Å². The van der Waals surface area contributed by atoms with Crippen LogP contribution in [0.5, 0.6) is 0 Å². The molecule has 21 heavy (non-hydrogen) atoms. The second-order valence-corrected chi connectivity index (χ2v) is 6.51. The maximum Gasteiger partial charge on any atom is 0.239 e. The van der Waals surface area contributed by atoms with E-state index in [9.17, 15) is 9.18 Å². The van der Waals surface area contributed by atoms with Gasteiger partial charge in [0.15, 0.2) is 5.11 Å². The fourth-order valence-corrected chi connectivity index (χ4v) is 1.90. The van der Waals surface area contributed by atoms with Gasteiger partial charge in [0.05, 0.1) is 11.6 Å². The number of likely N-dealkylation sites (N-methyl/N-ethyl adjacent to an activating group) is 1. The van der Waals surface area contributed by atoms with Crippen LogP contribution < -0.4 is 10.6 Å². The van der Waals surface area contributed by atoms with Crippen LogP contribution in [0, 0.1) is 5.82 Å². The number of carbonyl (C=O) groups excluding carboxylic acids is 1. The van der Waals surface area contributed by atoms with Gasteiger partial charge in [-0.2, -0.15) is 0 Å². The number of anilines is 1. The summed E-state index contributed by atoms with van der Waals surface area (Å²) in [5, 5.41) is 6.11. The molecule has 0 aromatic heterocycles. The third kappa shape index (κ3) is 6.27. The number of benzene rings is 1. The molecular formula is C14H19ClFN3OS. The number of hydrogen-bond donors (Lipinski definition) is 2. The molecule has 1 rings (SSSR count). The Hall–Kier alpha value is -1.40. The van der Waals surface area contributed by atoms with E-state index in [1.165, 1.54) is 18.2 Å². The number of hydrogen-bond acceptors (Lipinski definition) is 2. The molecule has 0 radical (unpaired) electrons. The summed E-state index contributed by atoms with van der Waals surface area (Å²) in [5.41, 5.74) is 0.270. The summed E-state index contributed by atoms with van der Waals surface area (Å²) in [5.74, 6) is -0.627. The Morgan fingerprint density at radius 3 is 2.57 bits per heavy atom. The van der Waals surface area contributed by atoms with Gasteiger partial charge in [-0.25, -0.2) is 4.39 Å². The lowest BCUT2D eigenvalue weighted by Gasteiger charge is -2.25. The van der Waals surface area contributed by atoms with Crippen molar-refractivity contribution in [2.24, 2.45) is 0 Å². The summed E-state index contributed by atoms with van der Waals surface area (Å²) in [6.45, 7) is 5.84. The highest BCUT2D eigenvalue weighted by atomic mass is 35.5. The van der Waals surface area contributed by atoms with Gasteiger partial charge in [-0.1, -0.05) is 11.6 Å². The lowest BCUT2D eigenvalue weighted by atomic mass is 10.1. The number of amides is 1. The molecule has 0 atom stereocenters. The molecule has 0 saturated carbocycles. The minimum atomic E-state index is -0.494. The summed E-state index contributed by atoms with van der Waals surface area (Å²) >= 11 is 10.9. The van der Waals surface area contributed by atoms with Crippen LogP contribution in [0.3, 0.4) is 0 Å². The van der Waals surface area contributed by atoms with E-state index in [4.69, 9.17) is 23.8 Å². The highest BCUT2D eigenvalue weighted by molar-refractivity contribution is 7.80. The molecule has 1 amide bonds. The van der Waals surface area contributed by atoms with Crippen molar-refractivity contribution >= 4 is 40.5 Å².